The van der Waals surface area contributed by atoms with Gasteiger partial charge in [0.2, 0.25) is 0 Å². The Balaban J connectivity index is 2.00. The summed E-state index contributed by atoms with van der Waals surface area (Å²) in [6, 6.07) is 6.52. The molecule has 1 fully saturated rings. The first-order chi connectivity index (χ1) is 9.82. The molecule has 21 heavy (non-hydrogen) atoms. The number of carbonyl (C=O) groups is 4. The van der Waals surface area contributed by atoms with Crippen LogP contribution in [0.3, 0.4) is 0 Å². The van der Waals surface area contributed by atoms with E-state index in [0.717, 1.165) is 0 Å². The van der Waals surface area contributed by atoms with Crippen LogP contribution < -0.4 is 0 Å². The highest BCUT2D eigenvalue weighted by atomic mass is 16.2. The summed E-state index contributed by atoms with van der Waals surface area (Å²) in [5.41, 5.74) is 0.276. The van der Waals surface area contributed by atoms with Crippen LogP contribution in [0, 0.1) is 17.3 Å². The second kappa shape index (κ2) is 4.45. The monoisotopic (exact) mass is 284 g/mol. The van der Waals surface area contributed by atoms with E-state index in [-0.39, 0.29) is 41.4 Å². The van der Waals surface area contributed by atoms with E-state index in [1.165, 1.54) is 0 Å². The molecule has 0 heterocycles. The van der Waals surface area contributed by atoms with Crippen molar-refractivity contribution in [1.82, 2.24) is 0 Å². The van der Waals surface area contributed by atoms with E-state index in [4.69, 9.17) is 0 Å². The van der Waals surface area contributed by atoms with Crippen molar-refractivity contribution < 1.29 is 19.2 Å². The molecular formula is C17H16O4. The van der Waals surface area contributed by atoms with Crippen LogP contribution in [0.1, 0.15) is 47.4 Å². The molecule has 1 saturated carbocycles. The van der Waals surface area contributed by atoms with Crippen molar-refractivity contribution in [3.8, 4) is 0 Å². The van der Waals surface area contributed by atoms with E-state index in [9.17, 15) is 19.2 Å². The van der Waals surface area contributed by atoms with Crippen molar-refractivity contribution in [1.29, 1.82) is 0 Å². The third kappa shape index (κ3) is 2.06. The quantitative estimate of drug-likeness (QED) is 0.742. The van der Waals surface area contributed by atoms with Crippen molar-refractivity contribution >= 4 is 23.1 Å². The maximum absolute atomic E-state index is 12.4. The van der Waals surface area contributed by atoms with Gasteiger partial charge in [0, 0.05) is 24.0 Å². The van der Waals surface area contributed by atoms with Gasteiger partial charge in [-0.25, -0.2) is 0 Å². The maximum Gasteiger partial charge on any atom is 0.175 e. The summed E-state index contributed by atoms with van der Waals surface area (Å²) in [5, 5.41) is 0. The lowest BCUT2D eigenvalue weighted by Gasteiger charge is -2.33. The molecule has 0 spiro atoms. The largest absolute Gasteiger partial charge is 0.299 e. The zero-order chi connectivity index (χ0) is 15.4. The van der Waals surface area contributed by atoms with Gasteiger partial charge in [0.25, 0.3) is 0 Å². The lowest BCUT2D eigenvalue weighted by Crippen LogP contribution is -2.44. The summed E-state index contributed by atoms with van der Waals surface area (Å²) in [5.74, 6) is -3.57. The minimum atomic E-state index is -1.14. The van der Waals surface area contributed by atoms with E-state index in [2.05, 4.69) is 0 Å². The van der Waals surface area contributed by atoms with E-state index < -0.39 is 11.8 Å². The van der Waals surface area contributed by atoms with Gasteiger partial charge in [0.05, 0.1) is 5.92 Å². The lowest BCUT2D eigenvalue weighted by atomic mass is 9.67. The van der Waals surface area contributed by atoms with Crippen LogP contribution in [0.4, 0.5) is 0 Å². The minimum Gasteiger partial charge on any atom is -0.299 e. The molecule has 0 saturated heterocycles. The molecule has 0 unspecified atom stereocenters. The van der Waals surface area contributed by atoms with Crippen LogP contribution in [-0.4, -0.2) is 23.1 Å². The van der Waals surface area contributed by atoms with Gasteiger partial charge < -0.3 is 0 Å². The Morgan fingerprint density at radius 3 is 1.67 bits per heavy atom. The van der Waals surface area contributed by atoms with Gasteiger partial charge in [-0.1, -0.05) is 38.1 Å². The molecule has 1 aromatic rings. The zero-order valence-corrected chi connectivity index (χ0v) is 12.0. The smallest absolute Gasteiger partial charge is 0.175 e. The molecule has 0 amide bonds. The lowest BCUT2D eigenvalue weighted by molar-refractivity contribution is -0.140. The average Bonchev–Trinajstić information content (AvgIpc) is 2.62. The molecule has 0 radical (unpaired) electrons. The van der Waals surface area contributed by atoms with Crippen molar-refractivity contribution in [2.24, 2.45) is 17.3 Å². The van der Waals surface area contributed by atoms with Crippen molar-refractivity contribution in [3.05, 3.63) is 35.4 Å². The summed E-state index contributed by atoms with van der Waals surface area (Å²) in [7, 11) is 0. The molecule has 0 aromatic heterocycles. The molecular weight excluding hydrogens is 268 g/mol. The van der Waals surface area contributed by atoms with Crippen LogP contribution in [0.15, 0.2) is 24.3 Å². The summed E-state index contributed by atoms with van der Waals surface area (Å²) in [6.07, 6.45) is 0.466. The highest BCUT2D eigenvalue weighted by Gasteiger charge is 2.51. The van der Waals surface area contributed by atoms with Gasteiger partial charge in [-0.05, 0) is 5.41 Å². The van der Waals surface area contributed by atoms with Crippen LogP contribution in [0.5, 0.6) is 0 Å². The first-order valence-corrected chi connectivity index (χ1v) is 7.05. The molecule has 108 valence electrons. The molecule has 3 rings (SSSR count). The fourth-order valence-corrected chi connectivity index (χ4v) is 3.45. The number of rotatable bonds is 1. The molecule has 2 aliphatic rings. The predicted molar refractivity (Wildman–Crippen MR) is 75.1 cm³/mol. The number of benzene rings is 1. The second-order valence-electron chi connectivity index (χ2n) is 6.68. The molecule has 0 aliphatic heterocycles. The molecule has 0 atom stereocenters. The number of fused-ring (bicyclic) bond motifs is 1. The van der Waals surface area contributed by atoms with Gasteiger partial charge in [-0.2, -0.15) is 0 Å². The van der Waals surface area contributed by atoms with Gasteiger partial charge in [0.1, 0.15) is 17.5 Å². The first-order valence-electron chi connectivity index (χ1n) is 7.05. The second-order valence-corrected chi connectivity index (χ2v) is 6.68. The molecule has 2 aliphatic carbocycles. The Morgan fingerprint density at radius 1 is 0.810 bits per heavy atom. The zero-order valence-electron chi connectivity index (χ0n) is 12.0. The van der Waals surface area contributed by atoms with E-state index in [0.29, 0.717) is 11.1 Å². The van der Waals surface area contributed by atoms with Crippen LogP contribution in [-0.2, 0) is 9.59 Å². The standard InChI is InChI=1S/C17H16O4/c1-17(2)7-11(18)13(12(19)8-17)14-15(20)9-5-3-4-6-10(9)16(14)21/h3-6,13-14H,7-8H2,1-2H3. The molecule has 0 bridgehead atoms. The van der Waals surface area contributed by atoms with Gasteiger partial charge >= 0.3 is 0 Å². The third-order valence-corrected chi connectivity index (χ3v) is 4.36. The highest BCUT2D eigenvalue weighted by Crippen LogP contribution is 2.40. The summed E-state index contributed by atoms with van der Waals surface area (Å²) >= 11 is 0. The van der Waals surface area contributed by atoms with Crippen molar-refractivity contribution in [3.63, 3.8) is 0 Å². The Hall–Kier alpha value is -2.10. The number of Topliss-reactive ketones (excluding diaryl/α,β-unsaturated/α-hetero) is 4. The predicted octanol–water partition coefficient (Wildman–Crippen LogP) is 2.26. The Bertz CT molecular complexity index is 629. The number of hydrogen-bond donors (Lipinski definition) is 0. The topological polar surface area (TPSA) is 68.3 Å². The van der Waals surface area contributed by atoms with E-state index >= 15 is 0 Å². The first kappa shape index (κ1) is 13.9. The number of carbonyl (C=O) groups excluding carboxylic acids is 4. The Kier molecular flexibility index (Phi) is 2.94. The van der Waals surface area contributed by atoms with Crippen LogP contribution >= 0.6 is 0 Å². The van der Waals surface area contributed by atoms with Crippen LogP contribution in [0.25, 0.3) is 0 Å². The summed E-state index contributed by atoms with van der Waals surface area (Å²) in [6.45, 7) is 3.71. The summed E-state index contributed by atoms with van der Waals surface area (Å²) < 4.78 is 0. The normalized spacial score (nSPS) is 22.8. The maximum atomic E-state index is 12.4. The highest BCUT2D eigenvalue weighted by molar-refractivity contribution is 6.30. The molecule has 1 aromatic carbocycles. The molecule has 4 heteroatoms. The van der Waals surface area contributed by atoms with Crippen molar-refractivity contribution in [2.75, 3.05) is 0 Å². The van der Waals surface area contributed by atoms with E-state index in [1.807, 2.05) is 13.8 Å². The molecule has 0 N–H and O–H groups in total. The molecule has 4 nitrogen and oxygen atoms in total. The third-order valence-electron chi connectivity index (χ3n) is 4.36. The van der Waals surface area contributed by atoms with Gasteiger partial charge in [-0.15, -0.1) is 0 Å². The van der Waals surface area contributed by atoms with Crippen molar-refractivity contribution in [2.45, 2.75) is 26.7 Å². The average molecular weight is 284 g/mol. The Morgan fingerprint density at radius 2 is 1.24 bits per heavy atom. The van der Waals surface area contributed by atoms with E-state index in [1.54, 1.807) is 24.3 Å². The number of ketones is 4. The minimum absolute atomic E-state index is 0.233. The fraction of sp³-hybridized carbons (Fsp3) is 0.412. The van der Waals surface area contributed by atoms with Gasteiger partial charge in [-0.3, -0.25) is 19.2 Å². The van der Waals surface area contributed by atoms with Crippen LogP contribution in [0.2, 0.25) is 0 Å². The van der Waals surface area contributed by atoms with Gasteiger partial charge in [0.15, 0.2) is 11.6 Å². The number of hydrogen-bond acceptors (Lipinski definition) is 4. The SMILES string of the molecule is CC1(C)CC(=O)C(C2C(=O)c3ccccc3C2=O)C(=O)C1. The summed E-state index contributed by atoms with van der Waals surface area (Å²) in [4.78, 5) is 49.5. The Labute approximate surface area is 122 Å². The fourth-order valence-electron chi connectivity index (χ4n) is 3.45.